The lowest BCUT2D eigenvalue weighted by molar-refractivity contribution is 0.441. The number of hydrogen-bond acceptors (Lipinski definition) is 2. The van der Waals surface area contributed by atoms with Crippen LogP contribution in [0.2, 0.25) is 0 Å². The summed E-state index contributed by atoms with van der Waals surface area (Å²) in [7, 11) is 0. The van der Waals surface area contributed by atoms with E-state index in [0.717, 1.165) is 12.5 Å². The fourth-order valence-electron chi connectivity index (χ4n) is 0.919. The highest BCUT2D eigenvalue weighted by Crippen LogP contribution is 2.08. The molecule has 13 heavy (non-hydrogen) atoms. The van der Waals surface area contributed by atoms with Crippen LogP contribution < -0.4 is 5.32 Å². The zero-order valence-electron chi connectivity index (χ0n) is 9.81. The van der Waals surface area contributed by atoms with Crippen LogP contribution >= 0.6 is 11.8 Å². The molecule has 0 unspecified atom stereocenters. The molecular weight excluding hydrogens is 178 g/mol. The molecule has 1 N–H and O–H groups in total. The zero-order valence-corrected chi connectivity index (χ0v) is 10.6. The summed E-state index contributed by atoms with van der Waals surface area (Å²) >= 11 is 2.06. The molecule has 0 aromatic heterocycles. The van der Waals surface area contributed by atoms with Crippen molar-refractivity contribution in [3.63, 3.8) is 0 Å². The maximum atomic E-state index is 3.49. The maximum Gasteiger partial charge on any atom is 0.00968 e. The van der Waals surface area contributed by atoms with E-state index in [9.17, 15) is 0 Å². The molecule has 0 atom stereocenters. The second-order valence-electron chi connectivity index (χ2n) is 4.97. The third kappa shape index (κ3) is 12.3. The van der Waals surface area contributed by atoms with Gasteiger partial charge < -0.3 is 5.32 Å². The average molecular weight is 203 g/mol. The Morgan fingerprint density at radius 1 is 1.15 bits per heavy atom. The first kappa shape index (κ1) is 13.3. The lowest BCUT2D eigenvalue weighted by atomic mass is 10.1. The largest absolute Gasteiger partial charge is 0.311 e. The van der Waals surface area contributed by atoms with Crippen molar-refractivity contribution in [1.29, 1.82) is 0 Å². The summed E-state index contributed by atoms with van der Waals surface area (Å²) in [6, 6.07) is 0. The van der Waals surface area contributed by atoms with Gasteiger partial charge in [-0.05, 0) is 38.9 Å². The van der Waals surface area contributed by atoms with Crippen molar-refractivity contribution in [2.75, 3.05) is 18.1 Å². The molecule has 0 rings (SSSR count). The molecule has 0 amide bonds. The predicted octanol–water partition coefficient (Wildman–Crippen LogP) is 3.15. The molecule has 0 radical (unpaired) electrons. The number of rotatable bonds is 6. The monoisotopic (exact) mass is 203 g/mol. The normalized spacial score (nSPS) is 12.5. The first-order valence-corrected chi connectivity index (χ1v) is 6.40. The van der Waals surface area contributed by atoms with Crippen LogP contribution in [0.25, 0.3) is 0 Å². The van der Waals surface area contributed by atoms with Crippen molar-refractivity contribution in [3.05, 3.63) is 0 Å². The minimum Gasteiger partial charge on any atom is -0.311 e. The van der Waals surface area contributed by atoms with E-state index in [1.807, 2.05) is 0 Å². The summed E-state index contributed by atoms with van der Waals surface area (Å²) in [6.07, 6.45) is 1.35. The number of hydrogen-bond donors (Lipinski definition) is 1. The Morgan fingerprint density at radius 2 is 1.77 bits per heavy atom. The zero-order chi connectivity index (χ0) is 10.3. The Morgan fingerprint density at radius 3 is 2.23 bits per heavy atom. The van der Waals surface area contributed by atoms with Crippen LogP contribution in [0.1, 0.15) is 41.0 Å². The van der Waals surface area contributed by atoms with E-state index in [2.05, 4.69) is 51.7 Å². The van der Waals surface area contributed by atoms with E-state index in [4.69, 9.17) is 0 Å². The molecule has 0 aliphatic carbocycles. The molecule has 80 valence electrons. The van der Waals surface area contributed by atoms with Gasteiger partial charge in [0.2, 0.25) is 0 Å². The molecular formula is C11H25NS. The molecule has 0 aliphatic rings. The van der Waals surface area contributed by atoms with Crippen LogP contribution in [0.15, 0.2) is 0 Å². The van der Waals surface area contributed by atoms with Crippen LogP contribution in [0.4, 0.5) is 0 Å². The minimum absolute atomic E-state index is 0.276. The number of thioether (sulfide) groups is 1. The van der Waals surface area contributed by atoms with Gasteiger partial charge in [-0.25, -0.2) is 0 Å². The molecule has 0 aliphatic heterocycles. The molecule has 2 heteroatoms. The molecule has 0 bridgehead atoms. The molecule has 0 spiro atoms. The maximum absolute atomic E-state index is 3.49. The Balaban J connectivity index is 3.09. The third-order valence-electron chi connectivity index (χ3n) is 1.74. The average Bonchev–Trinajstić information content (AvgIpc) is 1.93. The van der Waals surface area contributed by atoms with Crippen LogP contribution in [0.3, 0.4) is 0 Å². The topological polar surface area (TPSA) is 12.0 Å². The van der Waals surface area contributed by atoms with Crippen LogP contribution in [-0.4, -0.2) is 23.6 Å². The molecule has 0 heterocycles. The highest BCUT2D eigenvalue weighted by atomic mass is 32.2. The smallest absolute Gasteiger partial charge is 0.00968 e. The van der Waals surface area contributed by atoms with Crippen molar-refractivity contribution >= 4 is 11.8 Å². The van der Waals surface area contributed by atoms with Crippen LogP contribution in [-0.2, 0) is 0 Å². The van der Waals surface area contributed by atoms with Gasteiger partial charge in [0.05, 0.1) is 0 Å². The van der Waals surface area contributed by atoms with Gasteiger partial charge in [0.1, 0.15) is 0 Å². The first-order chi connectivity index (χ1) is 5.92. The van der Waals surface area contributed by atoms with Gasteiger partial charge in [-0.2, -0.15) is 11.8 Å². The predicted molar refractivity (Wildman–Crippen MR) is 64.5 cm³/mol. The summed E-state index contributed by atoms with van der Waals surface area (Å²) in [6.45, 7) is 12.3. The van der Waals surface area contributed by atoms with E-state index in [0.29, 0.717) is 0 Å². The van der Waals surface area contributed by atoms with Crippen molar-refractivity contribution in [1.82, 2.24) is 5.32 Å². The lowest BCUT2D eigenvalue weighted by Crippen LogP contribution is -2.37. The standard InChI is InChI=1S/C11H25NS/c1-10(2)6-8-13-9-7-12-11(3,4)5/h10,12H,6-9H2,1-5H3. The summed E-state index contributed by atoms with van der Waals surface area (Å²) < 4.78 is 0. The van der Waals surface area contributed by atoms with Crippen LogP contribution in [0, 0.1) is 5.92 Å². The second-order valence-corrected chi connectivity index (χ2v) is 6.20. The van der Waals surface area contributed by atoms with Crippen molar-refractivity contribution < 1.29 is 0 Å². The first-order valence-electron chi connectivity index (χ1n) is 5.24. The quantitative estimate of drug-likeness (QED) is 0.666. The SMILES string of the molecule is CC(C)CCSCCNC(C)(C)C. The van der Waals surface area contributed by atoms with Crippen molar-refractivity contribution in [2.45, 2.75) is 46.6 Å². The Hall–Kier alpha value is 0.310. The highest BCUT2D eigenvalue weighted by Gasteiger charge is 2.06. The molecule has 0 saturated heterocycles. The lowest BCUT2D eigenvalue weighted by Gasteiger charge is -2.20. The van der Waals surface area contributed by atoms with E-state index >= 15 is 0 Å². The van der Waals surface area contributed by atoms with E-state index < -0.39 is 0 Å². The minimum atomic E-state index is 0.276. The van der Waals surface area contributed by atoms with E-state index in [-0.39, 0.29) is 5.54 Å². The number of nitrogens with one attached hydrogen (secondary N) is 1. The Labute approximate surface area is 88.1 Å². The third-order valence-corrected chi connectivity index (χ3v) is 2.76. The van der Waals surface area contributed by atoms with Crippen molar-refractivity contribution in [2.24, 2.45) is 5.92 Å². The summed E-state index contributed by atoms with van der Waals surface area (Å²) in [5.41, 5.74) is 0.276. The van der Waals surface area contributed by atoms with E-state index in [1.54, 1.807) is 0 Å². The van der Waals surface area contributed by atoms with Gasteiger partial charge in [0.25, 0.3) is 0 Å². The Bertz CT molecular complexity index is 116. The summed E-state index contributed by atoms with van der Waals surface area (Å²) in [5, 5.41) is 3.49. The summed E-state index contributed by atoms with van der Waals surface area (Å²) in [5.74, 6) is 3.40. The fourth-order valence-corrected chi connectivity index (χ4v) is 2.01. The molecule has 1 nitrogen and oxygen atoms in total. The van der Waals surface area contributed by atoms with Crippen molar-refractivity contribution in [3.8, 4) is 0 Å². The molecule has 0 aromatic carbocycles. The van der Waals surface area contributed by atoms with Gasteiger partial charge in [0.15, 0.2) is 0 Å². The Kier molecular flexibility index (Phi) is 6.88. The fraction of sp³-hybridized carbons (Fsp3) is 1.00. The second kappa shape index (κ2) is 6.72. The van der Waals surface area contributed by atoms with E-state index in [1.165, 1.54) is 17.9 Å². The van der Waals surface area contributed by atoms with Gasteiger partial charge in [-0.15, -0.1) is 0 Å². The van der Waals surface area contributed by atoms with Gasteiger partial charge in [-0.1, -0.05) is 13.8 Å². The summed E-state index contributed by atoms with van der Waals surface area (Å²) in [4.78, 5) is 0. The molecule has 0 saturated carbocycles. The molecule has 0 aromatic rings. The highest BCUT2D eigenvalue weighted by molar-refractivity contribution is 7.99. The van der Waals surface area contributed by atoms with Gasteiger partial charge in [0, 0.05) is 17.8 Å². The van der Waals surface area contributed by atoms with Crippen LogP contribution in [0.5, 0.6) is 0 Å². The van der Waals surface area contributed by atoms with Gasteiger partial charge in [-0.3, -0.25) is 0 Å². The molecule has 0 fully saturated rings. The van der Waals surface area contributed by atoms with Gasteiger partial charge >= 0.3 is 0 Å².